The van der Waals surface area contributed by atoms with Crippen molar-refractivity contribution < 1.29 is 10.2 Å². The summed E-state index contributed by atoms with van der Waals surface area (Å²) in [6, 6.07) is 15.3. The van der Waals surface area contributed by atoms with Gasteiger partial charge in [-0.15, -0.1) is 0 Å². The monoisotopic (exact) mass is 336 g/mol. The van der Waals surface area contributed by atoms with Gasteiger partial charge in [-0.1, -0.05) is 51.1 Å². The number of hydrogen-bond acceptors (Lipinski definition) is 2. The van der Waals surface area contributed by atoms with Gasteiger partial charge in [-0.2, -0.15) is 0 Å². The van der Waals surface area contributed by atoms with E-state index in [9.17, 15) is 10.2 Å². The van der Waals surface area contributed by atoms with E-state index in [-0.39, 0.29) is 5.41 Å². The Kier molecular flexibility index (Phi) is 4.89. The van der Waals surface area contributed by atoms with E-state index in [4.69, 9.17) is 0 Å². The van der Waals surface area contributed by atoms with E-state index in [1.807, 2.05) is 12.1 Å². The third-order valence-electron chi connectivity index (χ3n) is 6.19. The van der Waals surface area contributed by atoms with E-state index < -0.39 is 0 Å². The highest BCUT2D eigenvalue weighted by Gasteiger charge is 2.39. The van der Waals surface area contributed by atoms with E-state index in [0.29, 0.717) is 23.3 Å². The number of aromatic hydroxyl groups is 2. The van der Waals surface area contributed by atoms with E-state index in [1.54, 1.807) is 24.3 Å². The van der Waals surface area contributed by atoms with Crippen LogP contribution in [0.5, 0.6) is 11.5 Å². The molecule has 132 valence electrons. The molecule has 0 bridgehead atoms. The molecule has 0 fully saturated rings. The van der Waals surface area contributed by atoms with Gasteiger partial charge in [0.25, 0.3) is 0 Å². The minimum absolute atomic E-state index is 0.0880. The van der Waals surface area contributed by atoms with Gasteiger partial charge in [-0.25, -0.2) is 0 Å². The fraction of sp³-hybridized carbons (Fsp3) is 0.391. The molecule has 2 aromatic carbocycles. The molecular formula is C23H28O2. The standard InChI is InChI=1S/C23H28O2/c1-16(2)23(3,20-10-14-22(25)15-11-20)19-8-4-17(5-9-19)18-6-12-21(24)13-7-18/h4,6-7,10-16,19,24-25H,5,8-9H2,1-3H3. The molecule has 0 aromatic heterocycles. The molecule has 2 aromatic rings. The minimum Gasteiger partial charge on any atom is -0.508 e. The first-order valence-electron chi connectivity index (χ1n) is 9.19. The van der Waals surface area contributed by atoms with Crippen molar-refractivity contribution in [3.63, 3.8) is 0 Å². The molecule has 3 rings (SSSR count). The maximum Gasteiger partial charge on any atom is 0.115 e. The van der Waals surface area contributed by atoms with E-state index in [1.165, 1.54) is 16.7 Å². The first-order valence-corrected chi connectivity index (χ1v) is 9.19. The highest BCUT2D eigenvalue weighted by atomic mass is 16.3. The summed E-state index contributed by atoms with van der Waals surface area (Å²) in [5, 5.41) is 19.1. The molecule has 0 radical (unpaired) electrons. The molecule has 1 aliphatic rings. The van der Waals surface area contributed by atoms with Crippen LogP contribution in [0.25, 0.3) is 5.57 Å². The van der Waals surface area contributed by atoms with Gasteiger partial charge in [0.2, 0.25) is 0 Å². The fourth-order valence-corrected chi connectivity index (χ4v) is 4.18. The van der Waals surface area contributed by atoms with Gasteiger partial charge in [0.15, 0.2) is 0 Å². The second-order valence-corrected chi connectivity index (χ2v) is 7.73. The molecule has 1 aliphatic carbocycles. The second kappa shape index (κ2) is 6.95. The molecule has 0 amide bonds. The lowest BCUT2D eigenvalue weighted by molar-refractivity contribution is 0.200. The average molecular weight is 336 g/mol. The quantitative estimate of drug-likeness (QED) is 0.730. The van der Waals surface area contributed by atoms with Crippen molar-refractivity contribution in [1.29, 1.82) is 0 Å². The zero-order valence-corrected chi connectivity index (χ0v) is 15.4. The van der Waals surface area contributed by atoms with E-state index in [2.05, 4.69) is 39.0 Å². The van der Waals surface area contributed by atoms with Gasteiger partial charge in [-0.05, 0) is 77.5 Å². The molecule has 0 aliphatic heterocycles. The summed E-state index contributed by atoms with van der Waals surface area (Å²) in [6.07, 6.45) is 5.66. The van der Waals surface area contributed by atoms with E-state index in [0.717, 1.165) is 19.3 Å². The van der Waals surface area contributed by atoms with Crippen molar-refractivity contribution in [2.24, 2.45) is 11.8 Å². The maximum atomic E-state index is 9.62. The largest absolute Gasteiger partial charge is 0.508 e. The van der Waals surface area contributed by atoms with Gasteiger partial charge in [-0.3, -0.25) is 0 Å². The molecule has 2 atom stereocenters. The first-order chi connectivity index (χ1) is 11.9. The summed E-state index contributed by atoms with van der Waals surface area (Å²) in [7, 11) is 0. The van der Waals surface area contributed by atoms with Crippen molar-refractivity contribution >= 4 is 5.57 Å². The van der Waals surface area contributed by atoms with Crippen molar-refractivity contribution in [1.82, 2.24) is 0 Å². The Hall–Kier alpha value is -2.22. The van der Waals surface area contributed by atoms with Crippen LogP contribution in [-0.2, 0) is 5.41 Å². The van der Waals surface area contributed by atoms with Crippen LogP contribution in [0.3, 0.4) is 0 Å². The topological polar surface area (TPSA) is 40.5 Å². The molecule has 2 heteroatoms. The Balaban J connectivity index is 1.85. The number of phenols is 2. The fourth-order valence-electron chi connectivity index (χ4n) is 4.18. The van der Waals surface area contributed by atoms with Gasteiger partial charge < -0.3 is 10.2 Å². The third kappa shape index (κ3) is 3.44. The lowest BCUT2D eigenvalue weighted by Gasteiger charge is -2.43. The van der Waals surface area contributed by atoms with Gasteiger partial charge in [0.1, 0.15) is 11.5 Å². The van der Waals surface area contributed by atoms with Crippen LogP contribution in [0.1, 0.15) is 51.2 Å². The summed E-state index contributed by atoms with van der Waals surface area (Å²) in [6.45, 7) is 6.96. The second-order valence-electron chi connectivity index (χ2n) is 7.73. The lowest BCUT2D eigenvalue weighted by Crippen LogP contribution is -2.38. The normalized spacial score (nSPS) is 20.2. The Bertz CT molecular complexity index is 741. The predicted molar refractivity (Wildman–Crippen MR) is 104 cm³/mol. The number of hydrogen-bond donors (Lipinski definition) is 2. The van der Waals surface area contributed by atoms with Crippen LogP contribution in [0.15, 0.2) is 54.6 Å². The van der Waals surface area contributed by atoms with E-state index >= 15 is 0 Å². The SMILES string of the molecule is CC(C)C(C)(c1ccc(O)cc1)C1CC=C(c2ccc(O)cc2)CC1. The third-order valence-corrected chi connectivity index (χ3v) is 6.19. The summed E-state index contributed by atoms with van der Waals surface area (Å²) in [5.41, 5.74) is 4.00. The highest BCUT2D eigenvalue weighted by molar-refractivity contribution is 5.66. The van der Waals surface area contributed by atoms with Crippen LogP contribution < -0.4 is 0 Å². The number of rotatable bonds is 4. The van der Waals surface area contributed by atoms with Gasteiger partial charge in [0, 0.05) is 0 Å². The molecule has 2 N–H and O–H groups in total. The van der Waals surface area contributed by atoms with Crippen molar-refractivity contribution in [3.8, 4) is 11.5 Å². The molecule has 0 saturated heterocycles. The molecule has 2 unspecified atom stereocenters. The lowest BCUT2D eigenvalue weighted by atomic mass is 9.61. The minimum atomic E-state index is 0.0880. The van der Waals surface area contributed by atoms with Crippen LogP contribution in [0.2, 0.25) is 0 Å². The zero-order valence-electron chi connectivity index (χ0n) is 15.4. The Morgan fingerprint density at radius 2 is 1.48 bits per heavy atom. The van der Waals surface area contributed by atoms with Crippen LogP contribution >= 0.6 is 0 Å². The van der Waals surface area contributed by atoms with Crippen molar-refractivity contribution in [3.05, 3.63) is 65.7 Å². The number of phenolic OH excluding ortho intramolecular Hbond substituents is 2. The maximum absolute atomic E-state index is 9.62. The molecule has 25 heavy (non-hydrogen) atoms. The van der Waals surface area contributed by atoms with Crippen LogP contribution in [0, 0.1) is 11.8 Å². The summed E-state index contributed by atoms with van der Waals surface area (Å²) < 4.78 is 0. The van der Waals surface area contributed by atoms with Gasteiger partial charge in [0.05, 0.1) is 0 Å². The summed E-state index contributed by atoms with van der Waals surface area (Å²) in [4.78, 5) is 0. The Morgan fingerprint density at radius 3 is 1.96 bits per heavy atom. The smallest absolute Gasteiger partial charge is 0.115 e. The average Bonchev–Trinajstić information content (AvgIpc) is 2.62. The number of allylic oxidation sites excluding steroid dienone is 2. The summed E-state index contributed by atoms with van der Waals surface area (Å²) >= 11 is 0. The zero-order chi connectivity index (χ0) is 18.0. The van der Waals surface area contributed by atoms with Crippen LogP contribution in [0.4, 0.5) is 0 Å². The Morgan fingerprint density at radius 1 is 0.920 bits per heavy atom. The molecule has 2 nitrogen and oxygen atoms in total. The molecule has 0 spiro atoms. The highest BCUT2D eigenvalue weighted by Crippen LogP contribution is 2.46. The van der Waals surface area contributed by atoms with Crippen molar-refractivity contribution in [2.75, 3.05) is 0 Å². The first kappa shape index (κ1) is 17.6. The molecule has 0 heterocycles. The summed E-state index contributed by atoms with van der Waals surface area (Å²) in [5.74, 6) is 1.74. The van der Waals surface area contributed by atoms with Gasteiger partial charge >= 0.3 is 0 Å². The van der Waals surface area contributed by atoms with Crippen LogP contribution in [-0.4, -0.2) is 10.2 Å². The molecule has 0 saturated carbocycles. The predicted octanol–water partition coefficient (Wildman–Crippen LogP) is 5.90. The Labute approximate surface area is 150 Å². The number of benzene rings is 2. The van der Waals surface area contributed by atoms with Crippen molar-refractivity contribution in [2.45, 2.75) is 45.4 Å². The molecular weight excluding hydrogens is 308 g/mol.